The number of amides is 1. The van der Waals surface area contributed by atoms with Crippen LogP contribution in [0.25, 0.3) is 0 Å². The lowest BCUT2D eigenvalue weighted by Gasteiger charge is -2.23. The Labute approximate surface area is 122 Å². The van der Waals surface area contributed by atoms with E-state index in [2.05, 4.69) is 31.2 Å². The van der Waals surface area contributed by atoms with Gasteiger partial charge in [-0.3, -0.25) is 4.79 Å². The van der Waals surface area contributed by atoms with Gasteiger partial charge in [-0.2, -0.15) is 0 Å². The molecule has 2 unspecified atom stereocenters. The molecule has 2 N–H and O–H groups in total. The van der Waals surface area contributed by atoms with E-state index >= 15 is 0 Å². The number of carbonyl (C=O) groups is 1. The lowest BCUT2D eigenvalue weighted by Crippen LogP contribution is -2.39. The number of hydrogen-bond donors (Lipinski definition) is 1. The molecular formula is C15H25ClN2O. The van der Waals surface area contributed by atoms with E-state index in [9.17, 15) is 4.79 Å². The molecule has 0 aliphatic heterocycles. The summed E-state index contributed by atoms with van der Waals surface area (Å²) in [6.07, 6.45) is 1.04. The number of carbonyl (C=O) groups excluding carboxylic acids is 1. The molecule has 0 spiro atoms. The van der Waals surface area contributed by atoms with Crippen LogP contribution < -0.4 is 5.73 Å². The van der Waals surface area contributed by atoms with Crippen LogP contribution in [-0.4, -0.2) is 23.9 Å². The molecule has 1 amide bonds. The van der Waals surface area contributed by atoms with Crippen LogP contribution in [-0.2, 0) is 17.8 Å². The van der Waals surface area contributed by atoms with Crippen molar-refractivity contribution in [1.82, 2.24) is 4.90 Å². The molecule has 2 atom stereocenters. The Morgan fingerprint density at radius 3 is 2.11 bits per heavy atom. The summed E-state index contributed by atoms with van der Waals surface area (Å²) < 4.78 is 0. The first kappa shape index (κ1) is 17.9. The van der Waals surface area contributed by atoms with Gasteiger partial charge in [0, 0.05) is 19.6 Å². The number of halogens is 1. The number of nitrogens with zero attached hydrogens (tertiary/aromatic N) is 1. The van der Waals surface area contributed by atoms with Crippen LogP contribution in [0.15, 0.2) is 24.3 Å². The first-order valence-corrected chi connectivity index (χ1v) is 6.54. The number of aryl methyl sites for hydroxylation is 1. The van der Waals surface area contributed by atoms with Gasteiger partial charge in [-0.15, -0.1) is 12.4 Å². The van der Waals surface area contributed by atoms with E-state index in [4.69, 9.17) is 5.73 Å². The van der Waals surface area contributed by atoms with Crippen molar-refractivity contribution in [2.24, 2.45) is 11.7 Å². The molecule has 0 aliphatic carbocycles. The van der Waals surface area contributed by atoms with E-state index in [-0.39, 0.29) is 30.3 Å². The van der Waals surface area contributed by atoms with Gasteiger partial charge in [-0.05, 0) is 24.5 Å². The minimum atomic E-state index is -0.134. The minimum absolute atomic E-state index is 0. The Kier molecular flexibility index (Phi) is 7.72. The van der Waals surface area contributed by atoms with Gasteiger partial charge in [0.05, 0.1) is 5.92 Å². The summed E-state index contributed by atoms with van der Waals surface area (Å²) in [7, 11) is 1.83. The lowest BCUT2D eigenvalue weighted by molar-refractivity contribution is -0.134. The van der Waals surface area contributed by atoms with Crippen LogP contribution in [0.2, 0.25) is 0 Å². The van der Waals surface area contributed by atoms with Gasteiger partial charge in [0.1, 0.15) is 0 Å². The zero-order valence-electron chi connectivity index (χ0n) is 12.2. The topological polar surface area (TPSA) is 46.3 Å². The molecule has 0 aliphatic rings. The van der Waals surface area contributed by atoms with Crippen LogP contribution in [0.5, 0.6) is 0 Å². The van der Waals surface area contributed by atoms with Gasteiger partial charge in [0.25, 0.3) is 0 Å². The van der Waals surface area contributed by atoms with Crippen molar-refractivity contribution in [2.45, 2.75) is 39.8 Å². The van der Waals surface area contributed by atoms with Gasteiger partial charge in [0.2, 0.25) is 5.91 Å². The molecule has 0 saturated heterocycles. The molecule has 1 aromatic carbocycles. The highest BCUT2D eigenvalue weighted by Gasteiger charge is 2.20. The maximum absolute atomic E-state index is 12.1. The fraction of sp³-hybridized carbons (Fsp3) is 0.533. The largest absolute Gasteiger partial charge is 0.341 e. The van der Waals surface area contributed by atoms with Gasteiger partial charge in [-0.1, -0.05) is 38.1 Å². The van der Waals surface area contributed by atoms with E-state index in [0.717, 1.165) is 12.0 Å². The third kappa shape index (κ3) is 5.21. The monoisotopic (exact) mass is 284 g/mol. The van der Waals surface area contributed by atoms with E-state index in [1.54, 1.807) is 4.90 Å². The average molecular weight is 285 g/mol. The predicted octanol–water partition coefficient (Wildman–Crippen LogP) is 2.61. The van der Waals surface area contributed by atoms with Crippen molar-refractivity contribution in [3.05, 3.63) is 35.4 Å². The molecule has 4 heteroatoms. The molecule has 0 radical (unpaired) electrons. The fourth-order valence-corrected chi connectivity index (χ4v) is 1.80. The van der Waals surface area contributed by atoms with E-state index in [1.165, 1.54) is 5.56 Å². The van der Waals surface area contributed by atoms with Crippen LogP contribution in [0.3, 0.4) is 0 Å². The molecule has 0 saturated carbocycles. The molecule has 1 rings (SSSR count). The first-order chi connectivity index (χ1) is 8.45. The first-order valence-electron chi connectivity index (χ1n) is 6.54. The number of benzene rings is 1. The minimum Gasteiger partial charge on any atom is -0.341 e. The van der Waals surface area contributed by atoms with Crippen molar-refractivity contribution >= 4 is 18.3 Å². The third-order valence-electron chi connectivity index (χ3n) is 3.41. The maximum atomic E-state index is 12.1. The molecule has 0 aromatic heterocycles. The highest BCUT2D eigenvalue weighted by atomic mass is 35.5. The SMILES string of the molecule is CCc1ccc(CN(C)C(=O)C(C)C(C)N)cc1.Cl. The summed E-state index contributed by atoms with van der Waals surface area (Å²) in [5.74, 6) is -0.0329. The van der Waals surface area contributed by atoms with Gasteiger partial charge in [-0.25, -0.2) is 0 Å². The fourth-order valence-electron chi connectivity index (χ4n) is 1.80. The maximum Gasteiger partial charge on any atom is 0.226 e. The summed E-state index contributed by atoms with van der Waals surface area (Å²) in [4.78, 5) is 13.8. The summed E-state index contributed by atoms with van der Waals surface area (Å²) in [5, 5.41) is 0. The third-order valence-corrected chi connectivity index (χ3v) is 3.41. The second-order valence-corrected chi connectivity index (χ2v) is 5.01. The van der Waals surface area contributed by atoms with Crippen LogP contribution in [0.1, 0.15) is 31.9 Å². The molecular weight excluding hydrogens is 260 g/mol. The quantitative estimate of drug-likeness (QED) is 0.903. The Morgan fingerprint density at radius 1 is 1.21 bits per heavy atom. The zero-order valence-corrected chi connectivity index (χ0v) is 13.0. The summed E-state index contributed by atoms with van der Waals surface area (Å²) >= 11 is 0. The molecule has 3 nitrogen and oxygen atoms in total. The zero-order chi connectivity index (χ0) is 13.7. The van der Waals surface area contributed by atoms with E-state index in [1.807, 2.05) is 20.9 Å². The Balaban J connectivity index is 0.00000324. The Hall–Kier alpha value is -1.06. The summed E-state index contributed by atoms with van der Waals surface area (Å²) in [5.41, 5.74) is 8.23. The molecule has 1 aromatic rings. The van der Waals surface area contributed by atoms with Gasteiger partial charge >= 0.3 is 0 Å². The van der Waals surface area contributed by atoms with Crippen LogP contribution in [0.4, 0.5) is 0 Å². The van der Waals surface area contributed by atoms with E-state index < -0.39 is 0 Å². The molecule has 0 bridgehead atoms. The standard InChI is InChI=1S/C15H24N2O.ClH/c1-5-13-6-8-14(9-7-13)10-17(4)15(18)11(2)12(3)16;/h6-9,11-12H,5,10,16H2,1-4H3;1H. The highest BCUT2D eigenvalue weighted by molar-refractivity contribution is 5.85. The number of nitrogens with two attached hydrogens (primary N) is 1. The van der Waals surface area contributed by atoms with Gasteiger partial charge < -0.3 is 10.6 Å². The van der Waals surface area contributed by atoms with Crippen LogP contribution >= 0.6 is 12.4 Å². The summed E-state index contributed by atoms with van der Waals surface area (Å²) in [6, 6.07) is 8.28. The Morgan fingerprint density at radius 2 is 1.68 bits per heavy atom. The van der Waals surface area contributed by atoms with Crippen molar-refractivity contribution in [3.63, 3.8) is 0 Å². The second-order valence-electron chi connectivity index (χ2n) is 5.01. The van der Waals surface area contributed by atoms with E-state index in [0.29, 0.717) is 6.54 Å². The van der Waals surface area contributed by atoms with Crippen molar-refractivity contribution in [3.8, 4) is 0 Å². The normalized spacial score (nSPS) is 13.3. The smallest absolute Gasteiger partial charge is 0.226 e. The number of rotatable bonds is 5. The molecule has 19 heavy (non-hydrogen) atoms. The van der Waals surface area contributed by atoms with Gasteiger partial charge in [0.15, 0.2) is 0 Å². The van der Waals surface area contributed by atoms with Crippen molar-refractivity contribution in [2.75, 3.05) is 7.05 Å². The predicted molar refractivity (Wildman–Crippen MR) is 82.4 cm³/mol. The molecule has 0 heterocycles. The lowest BCUT2D eigenvalue weighted by atomic mass is 10.0. The average Bonchev–Trinajstić information content (AvgIpc) is 2.37. The van der Waals surface area contributed by atoms with Crippen LogP contribution in [0, 0.1) is 5.92 Å². The highest BCUT2D eigenvalue weighted by Crippen LogP contribution is 2.10. The Bertz CT molecular complexity index is 390. The second kappa shape index (κ2) is 8.18. The van der Waals surface area contributed by atoms with Crippen molar-refractivity contribution < 1.29 is 4.79 Å². The molecule has 0 fully saturated rings. The van der Waals surface area contributed by atoms with Crippen molar-refractivity contribution in [1.29, 1.82) is 0 Å². The number of hydrogen-bond acceptors (Lipinski definition) is 2. The summed E-state index contributed by atoms with van der Waals surface area (Å²) in [6.45, 7) is 6.52. The molecule has 108 valence electrons.